The number of aliphatic carboxylic acids is 1. The van der Waals surface area contributed by atoms with E-state index in [0.29, 0.717) is 0 Å². The van der Waals surface area contributed by atoms with E-state index in [0.717, 1.165) is 11.1 Å². The van der Waals surface area contributed by atoms with E-state index in [2.05, 4.69) is 0 Å². The van der Waals surface area contributed by atoms with Crippen LogP contribution in [0.4, 0.5) is 0 Å². The summed E-state index contributed by atoms with van der Waals surface area (Å²) in [5, 5.41) is 47.5. The van der Waals surface area contributed by atoms with Crippen LogP contribution in [-0.2, 0) is 19.1 Å². The highest BCUT2D eigenvalue weighted by atomic mass is 16.7. The number of aliphatic hydroxyl groups excluding tert-OH is 4. The second kappa shape index (κ2) is 15.0. The van der Waals surface area contributed by atoms with Crippen molar-refractivity contribution in [3.8, 4) is 0 Å². The van der Waals surface area contributed by atoms with Gasteiger partial charge in [-0.1, -0.05) is 71.9 Å². The molecule has 0 aromatic heterocycles. The van der Waals surface area contributed by atoms with Gasteiger partial charge in [0.15, 0.2) is 0 Å². The van der Waals surface area contributed by atoms with Crippen molar-refractivity contribution < 1.29 is 44.6 Å². The minimum absolute atomic E-state index is 0.207. The molecule has 0 aromatic rings. The fourth-order valence-corrected chi connectivity index (χ4v) is 2.72. The zero-order valence-electron chi connectivity index (χ0n) is 20.2. The Morgan fingerprint density at radius 2 is 1.29 bits per heavy atom. The van der Waals surface area contributed by atoms with Gasteiger partial charge < -0.3 is 35.0 Å². The highest BCUT2D eigenvalue weighted by molar-refractivity contribution is 5.88. The standard InChI is InChI=1S/C26H34O9/c1-16(11-7-13-18(3)24(31)32)9-5-6-10-17(2)12-8-14-19(4)25(33)35-26-23(30)22(29)21(28)20(15-27)34-26/h5-14,20-23,26-30H,15H2,1-4H3,(H,31,32)/b6-5+,11-7+,12-8+,16-9+,17-10+,18-13+,19-14+/t20-,21+,22-,23-,26-/m0/s1. The first-order valence-corrected chi connectivity index (χ1v) is 10.9. The zero-order chi connectivity index (χ0) is 26.5. The van der Waals surface area contributed by atoms with Crippen molar-refractivity contribution in [2.75, 3.05) is 6.61 Å². The van der Waals surface area contributed by atoms with Gasteiger partial charge in [0.25, 0.3) is 0 Å². The van der Waals surface area contributed by atoms with Gasteiger partial charge in [0, 0.05) is 11.1 Å². The van der Waals surface area contributed by atoms with E-state index in [1.165, 1.54) is 26.0 Å². The molecule has 0 spiro atoms. The summed E-state index contributed by atoms with van der Waals surface area (Å²) in [5.74, 6) is -1.75. The van der Waals surface area contributed by atoms with Gasteiger partial charge in [0.1, 0.15) is 24.4 Å². The number of carboxylic acid groups (broad SMARTS) is 1. The van der Waals surface area contributed by atoms with Gasteiger partial charge in [-0.15, -0.1) is 0 Å². The van der Waals surface area contributed by atoms with Crippen molar-refractivity contribution >= 4 is 11.9 Å². The van der Waals surface area contributed by atoms with E-state index in [9.17, 15) is 30.0 Å². The first-order chi connectivity index (χ1) is 16.5. The summed E-state index contributed by atoms with van der Waals surface area (Å²) in [6, 6.07) is 0. The largest absolute Gasteiger partial charge is 0.478 e. The van der Waals surface area contributed by atoms with Crippen molar-refractivity contribution in [2.24, 2.45) is 0 Å². The Hall–Kier alpha value is -3.08. The average Bonchev–Trinajstić information content (AvgIpc) is 2.81. The van der Waals surface area contributed by atoms with E-state index in [4.69, 9.17) is 14.6 Å². The first kappa shape index (κ1) is 30.0. The van der Waals surface area contributed by atoms with Crippen molar-refractivity contribution in [3.05, 3.63) is 83.1 Å². The molecule has 5 atom stereocenters. The molecule has 0 unspecified atom stereocenters. The van der Waals surface area contributed by atoms with Crippen LogP contribution in [0.2, 0.25) is 0 Å². The third-order valence-corrected chi connectivity index (χ3v) is 4.97. The van der Waals surface area contributed by atoms with E-state index in [1.54, 1.807) is 24.3 Å². The maximum absolute atomic E-state index is 12.2. The number of aliphatic hydroxyl groups is 4. The number of hydrogen-bond donors (Lipinski definition) is 5. The Balaban J connectivity index is 2.64. The molecule has 192 valence electrons. The molecule has 0 radical (unpaired) electrons. The lowest BCUT2D eigenvalue weighted by Gasteiger charge is -2.39. The fourth-order valence-electron chi connectivity index (χ4n) is 2.72. The molecule has 9 heteroatoms. The Morgan fingerprint density at radius 1 is 0.771 bits per heavy atom. The highest BCUT2D eigenvalue weighted by Crippen LogP contribution is 2.22. The average molecular weight is 491 g/mol. The number of allylic oxidation sites excluding steroid dienone is 12. The quantitative estimate of drug-likeness (QED) is 0.175. The van der Waals surface area contributed by atoms with Crippen molar-refractivity contribution in [1.29, 1.82) is 0 Å². The van der Waals surface area contributed by atoms with Crippen LogP contribution in [0, 0.1) is 0 Å². The molecule has 0 bridgehead atoms. The van der Waals surface area contributed by atoms with E-state index < -0.39 is 49.3 Å². The fraction of sp³-hybridized carbons (Fsp3) is 0.385. The number of rotatable bonds is 10. The molecule has 0 saturated carbocycles. The Bertz CT molecular complexity index is 948. The zero-order valence-corrected chi connectivity index (χ0v) is 20.2. The first-order valence-electron chi connectivity index (χ1n) is 10.9. The van der Waals surface area contributed by atoms with Crippen LogP contribution in [-0.4, -0.2) is 74.8 Å². The molecule has 0 aromatic carbocycles. The summed E-state index contributed by atoms with van der Waals surface area (Å²) in [4.78, 5) is 23.0. The third kappa shape index (κ3) is 10.4. The molecule has 1 aliphatic heterocycles. The molecular weight excluding hydrogens is 456 g/mol. The van der Waals surface area contributed by atoms with Gasteiger partial charge in [0.2, 0.25) is 6.29 Å². The van der Waals surface area contributed by atoms with Crippen LogP contribution in [0.1, 0.15) is 27.7 Å². The van der Waals surface area contributed by atoms with Crippen molar-refractivity contribution in [2.45, 2.75) is 58.4 Å². The smallest absolute Gasteiger partial charge is 0.336 e. The predicted octanol–water partition coefficient (Wildman–Crippen LogP) is 1.87. The summed E-state index contributed by atoms with van der Waals surface area (Å²) >= 11 is 0. The molecule has 1 heterocycles. The Morgan fingerprint density at radius 3 is 1.77 bits per heavy atom. The van der Waals surface area contributed by atoms with Gasteiger partial charge in [0.05, 0.1) is 6.61 Å². The maximum atomic E-state index is 12.2. The molecule has 1 fully saturated rings. The van der Waals surface area contributed by atoms with Gasteiger partial charge >= 0.3 is 11.9 Å². The lowest BCUT2D eigenvalue weighted by molar-refractivity contribution is -0.291. The number of hydrogen-bond acceptors (Lipinski definition) is 8. The molecular formula is C26H34O9. The SMILES string of the molecule is CC(/C=C/C=C(\C)C(=O)O)=C\C=C\C=C(C)\C=C\C=C(/C)C(=O)O[C@@H]1O[C@@H](CO)[C@@H](O)[C@H](O)[C@@H]1O. The molecule has 1 rings (SSSR count). The van der Waals surface area contributed by atoms with Crippen molar-refractivity contribution in [3.63, 3.8) is 0 Å². The van der Waals surface area contributed by atoms with Crippen molar-refractivity contribution in [1.82, 2.24) is 0 Å². The van der Waals surface area contributed by atoms with Gasteiger partial charge in [-0.25, -0.2) is 9.59 Å². The Labute approximate surface area is 205 Å². The number of esters is 1. The topological polar surface area (TPSA) is 154 Å². The second-order valence-corrected chi connectivity index (χ2v) is 8.03. The highest BCUT2D eigenvalue weighted by Gasteiger charge is 2.45. The number of carbonyl (C=O) groups excluding carboxylic acids is 1. The molecule has 0 amide bonds. The summed E-state index contributed by atoms with van der Waals surface area (Å²) < 4.78 is 10.2. The maximum Gasteiger partial charge on any atom is 0.336 e. The molecule has 1 aliphatic rings. The number of ether oxygens (including phenoxy) is 2. The molecule has 0 aliphatic carbocycles. The summed E-state index contributed by atoms with van der Waals surface area (Å²) in [6.45, 7) is 6.16. The van der Waals surface area contributed by atoms with E-state index in [-0.39, 0.29) is 11.1 Å². The minimum atomic E-state index is -1.66. The van der Waals surface area contributed by atoms with Crippen LogP contribution in [0.5, 0.6) is 0 Å². The lowest BCUT2D eigenvalue weighted by Crippen LogP contribution is -2.59. The van der Waals surface area contributed by atoms with Gasteiger partial charge in [-0.05, 0) is 27.7 Å². The number of carboxylic acids is 1. The molecule has 5 N–H and O–H groups in total. The van der Waals surface area contributed by atoms with Gasteiger partial charge in [-0.2, -0.15) is 0 Å². The molecule has 1 saturated heterocycles. The van der Waals surface area contributed by atoms with Crippen LogP contribution >= 0.6 is 0 Å². The van der Waals surface area contributed by atoms with Crippen LogP contribution in [0.15, 0.2) is 83.1 Å². The summed E-state index contributed by atoms with van der Waals surface area (Å²) in [7, 11) is 0. The second-order valence-electron chi connectivity index (χ2n) is 8.03. The van der Waals surface area contributed by atoms with E-state index >= 15 is 0 Å². The predicted molar refractivity (Wildman–Crippen MR) is 130 cm³/mol. The Kier molecular flexibility index (Phi) is 12.9. The van der Waals surface area contributed by atoms with Gasteiger partial charge in [-0.3, -0.25) is 0 Å². The summed E-state index contributed by atoms with van der Waals surface area (Å²) in [5.41, 5.74) is 2.29. The van der Waals surface area contributed by atoms with Crippen LogP contribution in [0.3, 0.4) is 0 Å². The molecule has 35 heavy (non-hydrogen) atoms. The minimum Gasteiger partial charge on any atom is -0.478 e. The lowest BCUT2D eigenvalue weighted by atomic mass is 9.99. The third-order valence-electron chi connectivity index (χ3n) is 4.97. The normalized spacial score (nSPS) is 27.3. The van der Waals surface area contributed by atoms with E-state index in [1.807, 2.05) is 38.2 Å². The van der Waals surface area contributed by atoms with Crippen LogP contribution in [0.25, 0.3) is 0 Å². The monoisotopic (exact) mass is 490 g/mol. The number of carbonyl (C=O) groups is 2. The summed E-state index contributed by atoms with van der Waals surface area (Å²) in [6.07, 6.45) is 9.79. The molecule has 9 nitrogen and oxygen atoms in total. The van der Waals surface area contributed by atoms with Crippen LogP contribution < -0.4 is 0 Å².